The maximum atomic E-state index is 12.9. The predicted molar refractivity (Wildman–Crippen MR) is 98.1 cm³/mol. The first-order chi connectivity index (χ1) is 13.0. The molecule has 8 heteroatoms. The van der Waals surface area contributed by atoms with Crippen LogP contribution < -0.4 is 5.32 Å². The third-order valence-corrected chi connectivity index (χ3v) is 5.72. The number of aliphatic hydroxyl groups excluding tert-OH is 1. The molecule has 2 fully saturated rings. The van der Waals surface area contributed by atoms with Gasteiger partial charge >= 0.3 is 0 Å². The summed E-state index contributed by atoms with van der Waals surface area (Å²) in [6.45, 7) is 3.41. The molecule has 2 aromatic heterocycles. The number of aryl methyl sites for hydroxylation is 1. The van der Waals surface area contributed by atoms with Gasteiger partial charge in [0.15, 0.2) is 0 Å². The second kappa shape index (κ2) is 7.26. The largest absolute Gasteiger partial charge is 0.391 e. The molecule has 27 heavy (non-hydrogen) atoms. The highest BCUT2D eigenvalue weighted by molar-refractivity contribution is 6.02. The SMILES string of the molecule is Cc1nn2ncccc2c1C(=O)N[C@@H]1C[C@@H](C(=O)N2CCCC2)CC[C@H]1O. The van der Waals surface area contributed by atoms with Gasteiger partial charge in [0.1, 0.15) is 5.52 Å². The first kappa shape index (κ1) is 17.9. The lowest BCUT2D eigenvalue weighted by Gasteiger charge is -2.34. The Kier molecular flexibility index (Phi) is 4.82. The minimum atomic E-state index is -0.642. The van der Waals surface area contributed by atoms with Crippen molar-refractivity contribution >= 4 is 17.3 Å². The number of rotatable bonds is 3. The number of hydrogen-bond donors (Lipinski definition) is 2. The van der Waals surface area contributed by atoms with Crippen LogP contribution in [-0.2, 0) is 4.79 Å². The second-order valence-electron chi connectivity index (χ2n) is 7.55. The Morgan fingerprint density at radius 1 is 1.26 bits per heavy atom. The molecule has 1 aliphatic heterocycles. The minimum absolute atomic E-state index is 0.136. The van der Waals surface area contributed by atoms with Crippen LogP contribution in [0.4, 0.5) is 0 Å². The van der Waals surface area contributed by atoms with Crippen molar-refractivity contribution in [3.05, 3.63) is 29.6 Å². The van der Waals surface area contributed by atoms with Crippen molar-refractivity contribution in [1.29, 1.82) is 0 Å². The van der Waals surface area contributed by atoms with Gasteiger partial charge in [-0.3, -0.25) is 9.59 Å². The highest BCUT2D eigenvalue weighted by Crippen LogP contribution is 2.28. The van der Waals surface area contributed by atoms with Crippen LogP contribution in [0.3, 0.4) is 0 Å². The highest BCUT2D eigenvalue weighted by atomic mass is 16.3. The molecule has 2 aromatic rings. The molecule has 0 aromatic carbocycles. The average molecular weight is 371 g/mol. The summed E-state index contributed by atoms with van der Waals surface area (Å²) in [5.41, 5.74) is 1.67. The monoisotopic (exact) mass is 371 g/mol. The lowest BCUT2D eigenvalue weighted by molar-refractivity contribution is -0.136. The molecule has 0 bridgehead atoms. The van der Waals surface area contributed by atoms with E-state index >= 15 is 0 Å². The van der Waals surface area contributed by atoms with Crippen molar-refractivity contribution in [1.82, 2.24) is 25.0 Å². The summed E-state index contributed by atoms with van der Waals surface area (Å²) in [7, 11) is 0. The number of amides is 2. The number of nitrogens with zero attached hydrogens (tertiary/aromatic N) is 4. The van der Waals surface area contributed by atoms with Gasteiger partial charge in [0.2, 0.25) is 5.91 Å². The third-order valence-electron chi connectivity index (χ3n) is 5.72. The molecule has 1 aliphatic carbocycles. The number of hydrogen-bond acceptors (Lipinski definition) is 5. The zero-order valence-corrected chi connectivity index (χ0v) is 15.5. The Morgan fingerprint density at radius 3 is 2.81 bits per heavy atom. The second-order valence-corrected chi connectivity index (χ2v) is 7.55. The van der Waals surface area contributed by atoms with Gasteiger partial charge in [-0.05, 0) is 51.2 Å². The van der Waals surface area contributed by atoms with Gasteiger partial charge in [-0.1, -0.05) is 0 Å². The number of carbonyl (C=O) groups is 2. The van der Waals surface area contributed by atoms with Crippen molar-refractivity contribution < 1.29 is 14.7 Å². The zero-order valence-electron chi connectivity index (χ0n) is 15.5. The summed E-state index contributed by atoms with van der Waals surface area (Å²) < 4.78 is 1.43. The Morgan fingerprint density at radius 2 is 2.04 bits per heavy atom. The summed E-state index contributed by atoms with van der Waals surface area (Å²) in [6.07, 6.45) is 4.75. The molecule has 4 rings (SSSR count). The van der Waals surface area contributed by atoms with Crippen LogP contribution in [0.25, 0.3) is 5.52 Å². The van der Waals surface area contributed by atoms with Crippen molar-refractivity contribution in [2.75, 3.05) is 13.1 Å². The van der Waals surface area contributed by atoms with Gasteiger partial charge in [-0.15, -0.1) is 0 Å². The maximum Gasteiger partial charge on any atom is 0.255 e. The molecule has 2 aliphatic rings. The minimum Gasteiger partial charge on any atom is -0.391 e. The summed E-state index contributed by atoms with van der Waals surface area (Å²) in [5, 5.41) is 21.7. The fraction of sp³-hybridized carbons (Fsp3) is 0.579. The topological polar surface area (TPSA) is 99.8 Å². The fourth-order valence-corrected chi connectivity index (χ4v) is 4.26. The summed E-state index contributed by atoms with van der Waals surface area (Å²) in [4.78, 5) is 27.5. The van der Waals surface area contributed by atoms with Gasteiger partial charge in [0.05, 0.1) is 23.4 Å². The fourth-order valence-electron chi connectivity index (χ4n) is 4.26. The normalized spacial score (nSPS) is 25.7. The number of nitrogens with one attached hydrogen (secondary N) is 1. The van der Waals surface area contributed by atoms with Crippen molar-refractivity contribution in [3.63, 3.8) is 0 Å². The summed E-state index contributed by atoms with van der Waals surface area (Å²) in [5.74, 6) is -0.257. The number of aliphatic hydroxyl groups is 1. The molecule has 0 radical (unpaired) electrons. The molecule has 1 saturated carbocycles. The Labute approximate surface area is 157 Å². The Balaban J connectivity index is 1.49. The molecule has 3 atom stereocenters. The lowest BCUT2D eigenvalue weighted by Crippen LogP contribution is -2.49. The number of fused-ring (bicyclic) bond motifs is 1. The average Bonchev–Trinajstić information content (AvgIpc) is 3.29. The highest BCUT2D eigenvalue weighted by Gasteiger charge is 2.36. The molecular weight excluding hydrogens is 346 g/mol. The van der Waals surface area contributed by atoms with E-state index in [1.54, 1.807) is 25.3 Å². The predicted octanol–water partition coefficient (Wildman–Crippen LogP) is 0.920. The smallest absolute Gasteiger partial charge is 0.255 e. The zero-order chi connectivity index (χ0) is 19.0. The van der Waals surface area contributed by atoms with E-state index in [1.807, 2.05) is 4.90 Å². The van der Waals surface area contributed by atoms with E-state index in [-0.39, 0.29) is 17.7 Å². The van der Waals surface area contributed by atoms with Crippen molar-refractivity contribution in [2.45, 2.75) is 51.2 Å². The van der Waals surface area contributed by atoms with Gasteiger partial charge in [0.25, 0.3) is 5.91 Å². The lowest BCUT2D eigenvalue weighted by atomic mass is 9.82. The van der Waals surface area contributed by atoms with Crippen LogP contribution in [-0.4, -0.2) is 61.9 Å². The molecule has 1 saturated heterocycles. The molecule has 2 amide bonds. The number of aromatic nitrogens is 3. The van der Waals surface area contributed by atoms with Crippen LogP contribution in [0.15, 0.2) is 18.3 Å². The molecule has 0 spiro atoms. The molecule has 2 N–H and O–H groups in total. The quantitative estimate of drug-likeness (QED) is 0.836. The molecule has 8 nitrogen and oxygen atoms in total. The van der Waals surface area contributed by atoms with Gasteiger partial charge < -0.3 is 15.3 Å². The first-order valence-corrected chi connectivity index (χ1v) is 9.63. The Bertz CT molecular complexity index is 858. The maximum absolute atomic E-state index is 12.9. The number of carbonyl (C=O) groups excluding carboxylic acids is 2. The first-order valence-electron chi connectivity index (χ1n) is 9.63. The van der Waals surface area contributed by atoms with E-state index in [0.29, 0.717) is 36.0 Å². The summed E-state index contributed by atoms with van der Waals surface area (Å²) in [6, 6.07) is 3.11. The van der Waals surface area contributed by atoms with Gasteiger partial charge in [-0.2, -0.15) is 14.8 Å². The van der Waals surface area contributed by atoms with Crippen LogP contribution >= 0.6 is 0 Å². The van der Waals surface area contributed by atoms with Crippen LogP contribution in [0.5, 0.6) is 0 Å². The van der Waals surface area contributed by atoms with Gasteiger partial charge in [0, 0.05) is 25.2 Å². The van der Waals surface area contributed by atoms with E-state index in [4.69, 9.17) is 0 Å². The van der Waals surface area contributed by atoms with Gasteiger partial charge in [-0.25, -0.2) is 0 Å². The number of likely N-dealkylation sites (tertiary alicyclic amines) is 1. The van der Waals surface area contributed by atoms with E-state index in [0.717, 1.165) is 25.9 Å². The molecule has 0 unspecified atom stereocenters. The van der Waals surface area contributed by atoms with Crippen molar-refractivity contribution in [2.24, 2.45) is 5.92 Å². The standard InChI is InChI=1S/C19H25N5O3/c1-12-17(15-5-4-8-20-24(15)22-12)18(26)21-14-11-13(6-7-16(14)25)19(27)23-9-2-3-10-23/h4-5,8,13-14,16,25H,2-3,6-7,9-11H2,1H3,(H,21,26)/t13-,14+,16+/m0/s1. The Hall–Kier alpha value is -2.48. The molecular formula is C19H25N5O3. The van der Waals surface area contributed by atoms with Crippen LogP contribution in [0, 0.1) is 12.8 Å². The van der Waals surface area contributed by atoms with Crippen LogP contribution in [0.2, 0.25) is 0 Å². The van der Waals surface area contributed by atoms with E-state index in [1.165, 1.54) is 4.63 Å². The third kappa shape index (κ3) is 3.41. The van der Waals surface area contributed by atoms with E-state index in [2.05, 4.69) is 15.5 Å². The molecule has 144 valence electrons. The van der Waals surface area contributed by atoms with Crippen LogP contribution in [0.1, 0.15) is 48.2 Å². The van der Waals surface area contributed by atoms with Crippen molar-refractivity contribution in [3.8, 4) is 0 Å². The van der Waals surface area contributed by atoms with E-state index < -0.39 is 12.1 Å². The summed E-state index contributed by atoms with van der Waals surface area (Å²) >= 11 is 0. The van der Waals surface area contributed by atoms with E-state index in [9.17, 15) is 14.7 Å². The molecule has 3 heterocycles.